The minimum absolute atomic E-state index is 0.344. The van der Waals surface area contributed by atoms with Crippen LogP contribution in [0.25, 0.3) is 0 Å². The average Bonchev–Trinajstić information content (AvgIpc) is 2.34. The van der Waals surface area contributed by atoms with Gasteiger partial charge in [0.1, 0.15) is 0 Å². The summed E-state index contributed by atoms with van der Waals surface area (Å²) in [5.74, 6) is 0.663. The molecule has 0 amide bonds. The molecule has 1 heterocycles. The van der Waals surface area contributed by atoms with E-state index in [1.54, 1.807) is 0 Å². The van der Waals surface area contributed by atoms with Crippen molar-refractivity contribution in [1.82, 2.24) is 0 Å². The van der Waals surface area contributed by atoms with E-state index in [1.807, 2.05) is 0 Å². The van der Waals surface area contributed by atoms with Crippen LogP contribution in [0.3, 0.4) is 0 Å². The van der Waals surface area contributed by atoms with Gasteiger partial charge in [0.25, 0.3) is 0 Å². The summed E-state index contributed by atoms with van der Waals surface area (Å²) in [5.41, 5.74) is 0. The number of halogens is 1. The quantitative estimate of drug-likeness (QED) is 0.546. The first-order chi connectivity index (χ1) is 4.36. The van der Waals surface area contributed by atoms with E-state index in [9.17, 15) is 0 Å². The summed E-state index contributed by atoms with van der Waals surface area (Å²) in [4.78, 5) is 0. The Balaban J connectivity index is 2.20. The molecule has 9 heavy (non-hydrogen) atoms. The van der Waals surface area contributed by atoms with Gasteiger partial charge in [-0.25, -0.2) is 0 Å². The van der Waals surface area contributed by atoms with Crippen LogP contribution in [0.5, 0.6) is 0 Å². The molecule has 0 aromatic rings. The van der Waals surface area contributed by atoms with Crippen molar-refractivity contribution in [3.05, 3.63) is 0 Å². The summed E-state index contributed by atoms with van der Waals surface area (Å²) in [6.45, 7) is 2.15. The average molecular weight is 149 g/mol. The van der Waals surface area contributed by atoms with Gasteiger partial charge in [0.2, 0.25) is 0 Å². The van der Waals surface area contributed by atoms with Gasteiger partial charge in [-0.15, -0.1) is 11.6 Å². The van der Waals surface area contributed by atoms with Crippen molar-refractivity contribution in [2.45, 2.75) is 38.4 Å². The van der Waals surface area contributed by atoms with Gasteiger partial charge in [0.05, 0.1) is 12.2 Å². The van der Waals surface area contributed by atoms with E-state index in [-0.39, 0.29) is 0 Å². The summed E-state index contributed by atoms with van der Waals surface area (Å²) in [7, 11) is 0. The molecule has 0 radical (unpaired) electrons. The molecule has 0 N–H and O–H groups in total. The highest BCUT2D eigenvalue weighted by Crippen LogP contribution is 2.22. The Morgan fingerprint density at radius 1 is 1.44 bits per heavy atom. The topological polar surface area (TPSA) is 9.23 Å². The zero-order valence-electron chi connectivity index (χ0n) is 5.77. The third-order valence-electron chi connectivity index (χ3n) is 1.82. The van der Waals surface area contributed by atoms with Gasteiger partial charge in [-0.3, -0.25) is 0 Å². The smallest absolute Gasteiger partial charge is 0.0715 e. The zero-order chi connectivity index (χ0) is 6.69. The Bertz CT molecular complexity index is 75.0. The maximum atomic E-state index is 5.61. The fourth-order valence-electron chi connectivity index (χ4n) is 1.19. The second-order valence-corrected chi connectivity index (χ2v) is 2.83. The van der Waals surface area contributed by atoms with Crippen LogP contribution in [0.1, 0.15) is 26.2 Å². The van der Waals surface area contributed by atoms with Crippen molar-refractivity contribution in [2.75, 3.05) is 5.88 Å². The summed E-state index contributed by atoms with van der Waals surface area (Å²) >= 11 is 5.61. The number of alkyl halides is 1. The summed E-state index contributed by atoms with van der Waals surface area (Å²) in [6.07, 6.45) is 4.33. The van der Waals surface area contributed by atoms with Gasteiger partial charge < -0.3 is 4.74 Å². The molecule has 1 saturated heterocycles. The van der Waals surface area contributed by atoms with Gasteiger partial charge in [-0.1, -0.05) is 6.92 Å². The van der Waals surface area contributed by atoms with E-state index in [2.05, 4.69) is 6.92 Å². The summed E-state index contributed by atoms with van der Waals surface area (Å²) < 4.78 is 5.53. The number of hydrogen-bond acceptors (Lipinski definition) is 1. The Hall–Kier alpha value is 0.250. The molecule has 0 spiro atoms. The molecule has 1 rings (SSSR count). The second kappa shape index (κ2) is 3.43. The second-order valence-electron chi connectivity index (χ2n) is 2.52. The third-order valence-corrected chi connectivity index (χ3v) is 2.17. The molecule has 2 atom stereocenters. The maximum Gasteiger partial charge on any atom is 0.0715 e. The molecule has 1 aliphatic heterocycles. The third kappa shape index (κ3) is 1.84. The number of hydrogen-bond donors (Lipinski definition) is 0. The predicted octanol–water partition coefficient (Wildman–Crippen LogP) is 2.18. The van der Waals surface area contributed by atoms with Crippen LogP contribution >= 0.6 is 11.6 Å². The van der Waals surface area contributed by atoms with Crippen LogP contribution in [-0.2, 0) is 4.74 Å². The van der Waals surface area contributed by atoms with Gasteiger partial charge in [0, 0.05) is 5.88 Å². The molecule has 54 valence electrons. The van der Waals surface area contributed by atoms with Crippen LogP contribution in [-0.4, -0.2) is 18.1 Å². The molecule has 0 aromatic carbocycles. The van der Waals surface area contributed by atoms with E-state index in [4.69, 9.17) is 16.3 Å². The van der Waals surface area contributed by atoms with Crippen molar-refractivity contribution in [3.63, 3.8) is 0 Å². The molecule has 2 heteroatoms. The minimum atomic E-state index is 0.344. The first kappa shape index (κ1) is 7.36. The minimum Gasteiger partial charge on any atom is -0.374 e. The van der Waals surface area contributed by atoms with E-state index >= 15 is 0 Å². The van der Waals surface area contributed by atoms with E-state index in [1.165, 1.54) is 6.42 Å². The lowest BCUT2D eigenvalue weighted by atomic mass is 10.2. The lowest BCUT2D eigenvalue weighted by Crippen LogP contribution is -2.10. The maximum absolute atomic E-state index is 5.61. The summed E-state index contributed by atoms with van der Waals surface area (Å²) in [6, 6.07) is 0. The molecule has 0 aromatic heterocycles. The Morgan fingerprint density at radius 3 is 2.44 bits per heavy atom. The van der Waals surface area contributed by atoms with Crippen LogP contribution in [0.4, 0.5) is 0 Å². The van der Waals surface area contributed by atoms with E-state index in [0.29, 0.717) is 18.1 Å². The SMILES string of the molecule is CCC1CCC(CCl)O1. The normalized spacial score (nSPS) is 35.3. The Morgan fingerprint density at radius 2 is 2.11 bits per heavy atom. The lowest BCUT2D eigenvalue weighted by Gasteiger charge is -2.07. The molecule has 1 nitrogen and oxygen atoms in total. The fraction of sp³-hybridized carbons (Fsp3) is 1.00. The first-order valence-corrected chi connectivity index (χ1v) is 4.11. The largest absolute Gasteiger partial charge is 0.374 e. The lowest BCUT2D eigenvalue weighted by molar-refractivity contribution is 0.0558. The molecular weight excluding hydrogens is 136 g/mol. The number of rotatable bonds is 2. The Kier molecular flexibility index (Phi) is 2.80. The highest BCUT2D eigenvalue weighted by atomic mass is 35.5. The molecule has 0 saturated carbocycles. The van der Waals surface area contributed by atoms with Crippen LogP contribution in [0.15, 0.2) is 0 Å². The molecule has 1 aliphatic rings. The zero-order valence-corrected chi connectivity index (χ0v) is 6.53. The van der Waals surface area contributed by atoms with Gasteiger partial charge in [-0.05, 0) is 19.3 Å². The first-order valence-electron chi connectivity index (χ1n) is 3.58. The highest BCUT2D eigenvalue weighted by Gasteiger charge is 2.22. The van der Waals surface area contributed by atoms with Gasteiger partial charge in [-0.2, -0.15) is 0 Å². The van der Waals surface area contributed by atoms with Crippen LogP contribution in [0.2, 0.25) is 0 Å². The molecule has 0 aliphatic carbocycles. The molecule has 1 fully saturated rings. The van der Waals surface area contributed by atoms with Crippen molar-refractivity contribution < 1.29 is 4.74 Å². The summed E-state index contributed by atoms with van der Waals surface area (Å²) in [5, 5.41) is 0. The molecule has 0 bridgehead atoms. The van der Waals surface area contributed by atoms with Crippen LogP contribution in [0, 0.1) is 0 Å². The van der Waals surface area contributed by atoms with E-state index in [0.717, 1.165) is 12.8 Å². The fourth-order valence-corrected chi connectivity index (χ4v) is 1.42. The molecule has 2 unspecified atom stereocenters. The van der Waals surface area contributed by atoms with Crippen LogP contribution < -0.4 is 0 Å². The van der Waals surface area contributed by atoms with Gasteiger partial charge in [0.15, 0.2) is 0 Å². The van der Waals surface area contributed by atoms with Crippen molar-refractivity contribution in [2.24, 2.45) is 0 Å². The number of ether oxygens (including phenoxy) is 1. The van der Waals surface area contributed by atoms with Crippen molar-refractivity contribution in [3.8, 4) is 0 Å². The predicted molar refractivity (Wildman–Crippen MR) is 38.9 cm³/mol. The standard InChI is InChI=1S/C7H13ClO/c1-2-6-3-4-7(5-8)9-6/h6-7H,2-5H2,1H3. The monoisotopic (exact) mass is 148 g/mol. The van der Waals surface area contributed by atoms with Crippen molar-refractivity contribution >= 4 is 11.6 Å². The highest BCUT2D eigenvalue weighted by molar-refractivity contribution is 6.18. The van der Waals surface area contributed by atoms with E-state index < -0.39 is 0 Å². The van der Waals surface area contributed by atoms with Gasteiger partial charge >= 0.3 is 0 Å². The molecular formula is C7H13ClO. The van der Waals surface area contributed by atoms with Crippen molar-refractivity contribution in [1.29, 1.82) is 0 Å². The Labute approximate surface area is 61.3 Å².